The first-order valence-electron chi connectivity index (χ1n) is 11.0. The summed E-state index contributed by atoms with van der Waals surface area (Å²) in [6.07, 6.45) is 1.46. The minimum Gasteiger partial charge on any atom is -0.497 e. The number of benzene rings is 3. The van der Waals surface area contributed by atoms with E-state index in [0.29, 0.717) is 49.4 Å². The number of carbonyl (C=O) groups excluding carboxylic acids is 2. The Kier molecular flexibility index (Phi) is 10.2. The van der Waals surface area contributed by atoms with Crippen molar-refractivity contribution < 1.29 is 23.8 Å². The van der Waals surface area contributed by atoms with E-state index < -0.39 is 11.8 Å². The summed E-state index contributed by atoms with van der Waals surface area (Å²) in [7, 11) is 1.55. The third-order valence-electron chi connectivity index (χ3n) is 4.85. The Morgan fingerprint density at radius 1 is 1.08 bits per heavy atom. The van der Waals surface area contributed by atoms with Crippen molar-refractivity contribution in [2.75, 3.05) is 31.0 Å². The van der Waals surface area contributed by atoms with Gasteiger partial charge in [0.2, 0.25) is 0 Å². The van der Waals surface area contributed by atoms with E-state index in [4.69, 9.17) is 25.8 Å². The molecule has 3 aromatic carbocycles. The molecule has 0 spiro atoms. The quantitative estimate of drug-likeness (QED) is 0.164. The zero-order valence-corrected chi connectivity index (χ0v) is 22.9. The number of hydrogen-bond donors (Lipinski definition) is 2. The van der Waals surface area contributed by atoms with Crippen molar-refractivity contribution in [3.8, 4) is 23.3 Å². The van der Waals surface area contributed by atoms with Crippen molar-refractivity contribution in [2.45, 2.75) is 6.92 Å². The lowest BCUT2D eigenvalue weighted by atomic mass is 10.1. The first-order valence-corrected chi connectivity index (χ1v) is 12.5. The Balaban J connectivity index is 1.76. The number of anilines is 2. The molecule has 0 fully saturated rings. The molecule has 2 amide bonds. The molecule has 10 heteroatoms. The van der Waals surface area contributed by atoms with Crippen molar-refractivity contribution in [1.82, 2.24) is 0 Å². The van der Waals surface area contributed by atoms with E-state index in [1.54, 1.807) is 67.8 Å². The van der Waals surface area contributed by atoms with Gasteiger partial charge < -0.3 is 24.8 Å². The van der Waals surface area contributed by atoms with E-state index in [-0.39, 0.29) is 12.2 Å². The number of rotatable bonds is 10. The van der Waals surface area contributed by atoms with Crippen LogP contribution in [0.5, 0.6) is 17.2 Å². The van der Waals surface area contributed by atoms with Crippen LogP contribution in [0.15, 0.2) is 66.2 Å². The van der Waals surface area contributed by atoms with Gasteiger partial charge in [0.15, 0.2) is 18.1 Å². The summed E-state index contributed by atoms with van der Waals surface area (Å²) in [4.78, 5) is 25.1. The maximum Gasteiger partial charge on any atom is 0.266 e. The molecular weight excluding hydrogens is 609 g/mol. The van der Waals surface area contributed by atoms with Crippen LogP contribution in [0.4, 0.5) is 11.4 Å². The topological polar surface area (TPSA) is 110 Å². The Bertz CT molecular complexity index is 1350. The number of ether oxygens (including phenoxy) is 3. The fraction of sp³-hybridized carbons (Fsp3) is 0.148. The number of para-hydroxylation sites is 1. The summed E-state index contributed by atoms with van der Waals surface area (Å²) < 4.78 is 17.2. The molecule has 2 N–H and O–H groups in total. The number of nitriles is 1. The summed E-state index contributed by atoms with van der Waals surface area (Å²) >= 11 is 8.14. The molecule has 0 aliphatic carbocycles. The third-order valence-corrected chi connectivity index (χ3v) is 5.98. The standard InChI is InChI=1S/C27H23ClIN3O5/c1-3-36-24-14-17(12-18(15-30)27(34)31-19-8-10-20(35-2)11-9-19)13-22(29)26(24)37-16-25(33)32-23-7-5-4-6-21(23)28/h4-14H,3,16H2,1-2H3,(H,31,34)(H,32,33)/b18-12-. The van der Waals surface area contributed by atoms with Gasteiger partial charge in [-0.2, -0.15) is 5.26 Å². The lowest BCUT2D eigenvalue weighted by molar-refractivity contribution is -0.118. The first kappa shape index (κ1) is 27.8. The van der Waals surface area contributed by atoms with Crippen LogP contribution in [-0.4, -0.2) is 32.1 Å². The van der Waals surface area contributed by atoms with Crippen molar-refractivity contribution in [1.29, 1.82) is 5.26 Å². The van der Waals surface area contributed by atoms with Gasteiger partial charge in [0.1, 0.15) is 17.4 Å². The predicted molar refractivity (Wildman–Crippen MR) is 151 cm³/mol. The molecule has 0 unspecified atom stereocenters. The average molecular weight is 632 g/mol. The second-order valence-corrected chi connectivity index (χ2v) is 9.00. The fourth-order valence-electron chi connectivity index (χ4n) is 3.15. The van der Waals surface area contributed by atoms with E-state index in [9.17, 15) is 14.9 Å². The van der Waals surface area contributed by atoms with E-state index in [1.165, 1.54) is 6.08 Å². The van der Waals surface area contributed by atoms with E-state index in [2.05, 4.69) is 10.6 Å². The highest BCUT2D eigenvalue weighted by Crippen LogP contribution is 2.35. The highest BCUT2D eigenvalue weighted by atomic mass is 127. The van der Waals surface area contributed by atoms with Crippen LogP contribution < -0.4 is 24.8 Å². The van der Waals surface area contributed by atoms with Gasteiger partial charge in [0.05, 0.1) is 28.0 Å². The number of hydrogen-bond acceptors (Lipinski definition) is 6. The summed E-state index contributed by atoms with van der Waals surface area (Å²) in [6, 6.07) is 19.0. The molecule has 0 radical (unpaired) electrons. The zero-order valence-electron chi connectivity index (χ0n) is 20.0. The highest BCUT2D eigenvalue weighted by Gasteiger charge is 2.16. The van der Waals surface area contributed by atoms with Crippen LogP contribution in [0.3, 0.4) is 0 Å². The summed E-state index contributed by atoms with van der Waals surface area (Å²) in [6.45, 7) is 1.88. The number of nitrogens with zero attached hydrogens (tertiary/aromatic N) is 1. The number of amides is 2. The van der Waals surface area contributed by atoms with E-state index in [1.807, 2.05) is 35.6 Å². The number of methoxy groups -OCH3 is 1. The van der Waals surface area contributed by atoms with Crippen LogP contribution in [0.2, 0.25) is 5.02 Å². The molecule has 0 aliphatic rings. The maximum absolute atomic E-state index is 12.7. The van der Waals surface area contributed by atoms with Gasteiger partial charge in [-0.1, -0.05) is 23.7 Å². The Hall–Kier alpha value is -3.75. The predicted octanol–water partition coefficient (Wildman–Crippen LogP) is 5.92. The Morgan fingerprint density at radius 3 is 2.46 bits per heavy atom. The van der Waals surface area contributed by atoms with Gasteiger partial charge in [0, 0.05) is 5.69 Å². The molecule has 0 aromatic heterocycles. The van der Waals surface area contributed by atoms with Crippen LogP contribution in [0, 0.1) is 14.9 Å². The van der Waals surface area contributed by atoms with Crippen LogP contribution in [0.25, 0.3) is 6.08 Å². The second kappa shape index (κ2) is 13.5. The van der Waals surface area contributed by atoms with Crippen molar-refractivity contribution in [3.63, 3.8) is 0 Å². The first-order chi connectivity index (χ1) is 17.8. The number of halogens is 2. The van der Waals surface area contributed by atoms with E-state index >= 15 is 0 Å². The number of carbonyl (C=O) groups is 2. The monoisotopic (exact) mass is 631 g/mol. The molecule has 0 aliphatic heterocycles. The van der Waals surface area contributed by atoms with Crippen molar-refractivity contribution >= 4 is 63.5 Å². The zero-order chi connectivity index (χ0) is 26.8. The molecule has 37 heavy (non-hydrogen) atoms. The second-order valence-electron chi connectivity index (χ2n) is 7.43. The van der Waals surface area contributed by atoms with Crippen LogP contribution in [-0.2, 0) is 9.59 Å². The average Bonchev–Trinajstić information content (AvgIpc) is 2.88. The van der Waals surface area contributed by atoms with Crippen LogP contribution in [0.1, 0.15) is 12.5 Å². The molecule has 0 atom stereocenters. The summed E-state index contributed by atoms with van der Waals surface area (Å²) in [5, 5.41) is 15.4. The molecule has 0 saturated heterocycles. The molecule has 8 nitrogen and oxygen atoms in total. The largest absolute Gasteiger partial charge is 0.497 e. The highest BCUT2D eigenvalue weighted by molar-refractivity contribution is 14.1. The summed E-state index contributed by atoms with van der Waals surface area (Å²) in [5.41, 5.74) is 1.47. The van der Waals surface area contributed by atoms with Crippen LogP contribution >= 0.6 is 34.2 Å². The lowest BCUT2D eigenvalue weighted by Crippen LogP contribution is -2.21. The van der Waals surface area contributed by atoms with Crippen molar-refractivity contribution in [3.05, 3.63) is 80.4 Å². The SMILES string of the molecule is CCOc1cc(/C=C(/C#N)C(=O)Nc2ccc(OC)cc2)cc(I)c1OCC(=O)Nc1ccccc1Cl. The molecule has 190 valence electrons. The molecule has 0 bridgehead atoms. The Labute approximate surface area is 233 Å². The normalized spacial score (nSPS) is 10.7. The van der Waals surface area contributed by atoms with Gasteiger partial charge in [-0.15, -0.1) is 0 Å². The minimum absolute atomic E-state index is 0.0955. The van der Waals surface area contributed by atoms with E-state index in [0.717, 1.165) is 0 Å². The lowest BCUT2D eigenvalue weighted by Gasteiger charge is -2.15. The van der Waals surface area contributed by atoms with Crippen molar-refractivity contribution in [2.24, 2.45) is 0 Å². The van der Waals surface area contributed by atoms with Gasteiger partial charge in [-0.05, 0) is 89.7 Å². The smallest absolute Gasteiger partial charge is 0.266 e. The fourth-order valence-corrected chi connectivity index (χ4v) is 4.11. The molecule has 0 saturated carbocycles. The molecule has 0 heterocycles. The van der Waals surface area contributed by atoms with Gasteiger partial charge >= 0.3 is 0 Å². The Morgan fingerprint density at radius 2 is 1.81 bits per heavy atom. The maximum atomic E-state index is 12.7. The molecular formula is C27H23ClIN3O5. The van der Waals surface area contributed by atoms with Gasteiger partial charge in [-0.25, -0.2) is 0 Å². The molecule has 3 rings (SSSR count). The number of nitrogens with one attached hydrogen (secondary N) is 2. The molecule has 3 aromatic rings. The summed E-state index contributed by atoms with van der Waals surface area (Å²) in [5.74, 6) is 0.444. The van der Waals surface area contributed by atoms with Gasteiger partial charge in [-0.3, -0.25) is 9.59 Å². The van der Waals surface area contributed by atoms with Gasteiger partial charge in [0.25, 0.3) is 11.8 Å². The minimum atomic E-state index is -0.558. The third kappa shape index (κ3) is 7.87.